The third kappa shape index (κ3) is 1.66. The van der Waals surface area contributed by atoms with E-state index < -0.39 is 0 Å². The van der Waals surface area contributed by atoms with E-state index in [1.165, 1.54) is 12.8 Å². The molecule has 1 aliphatic rings. The minimum absolute atomic E-state index is 0.341. The van der Waals surface area contributed by atoms with Gasteiger partial charge in [-0.05, 0) is 32.2 Å². The minimum Gasteiger partial charge on any atom is -0.396 e. The molecular formula is C7H15NO. The van der Waals surface area contributed by atoms with Gasteiger partial charge in [0.1, 0.15) is 0 Å². The predicted octanol–water partition coefficient (Wildman–Crippen LogP) is 0.367. The van der Waals surface area contributed by atoms with Gasteiger partial charge in [-0.2, -0.15) is 0 Å². The first-order valence-corrected chi connectivity index (χ1v) is 3.69. The zero-order valence-electron chi connectivity index (χ0n) is 5.93. The van der Waals surface area contributed by atoms with Crippen LogP contribution in [0.4, 0.5) is 0 Å². The van der Waals surface area contributed by atoms with Crippen molar-refractivity contribution in [3.8, 4) is 0 Å². The van der Waals surface area contributed by atoms with Gasteiger partial charge < -0.3 is 10.4 Å². The van der Waals surface area contributed by atoms with E-state index in [0.29, 0.717) is 18.6 Å². The fourth-order valence-electron chi connectivity index (χ4n) is 1.36. The molecule has 2 nitrogen and oxygen atoms in total. The highest BCUT2D eigenvalue weighted by molar-refractivity contribution is 4.76. The van der Waals surface area contributed by atoms with Gasteiger partial charge in [-0.25, -0.2) is 0 Å². The van der Waals surface area contributed by atoms with Crippen LogP contribution in [-0.2, 0) is 0 Å². The van der Waals surface area contributed by atoms with Crippen molar-refractivity contribution in [1.82, 2.24) is 5.32 Å². The van der Waals surface area contributed by atoms with Gasteiger partial charge >= 0.3 is 0 Å². The second kappa shape index (κ2) is 3.18. The molecule has 1 fully saturated rings. The Kier molecular flexibility index (Phi) is 2.49. The van der Waals surface area contributed by atoms with Crippen molar-refractivity contribution in [2.75, 3.05) is 13.2 Å². The predicted molar refractivity (Wildman–Crippen MR) is 37.3 cm³/mol. The molecule has 0 saturated carbocycles. The Hall–Kier alpha value is -0.0800. The average molecular weight is 129 g/mol. The molecule has 0 unspecified atom stereocenters. The fraction of sp³-hybridized carbons (Fsp3) is 1.00. The molecule has 2 heteroatoms. The largest absolute Gasteiger partial charge is 0.396 e. The molecule has 0 spiro atoms. The molecular weight excluding hydrogens is 114 g/mol. The van der Waals surface area contributed by atoms with Gasteiger partial charge in [0.05, 0.1) is 0 Å². The molecule has 0 aromatic rings. The van der Waals surface area contributed by atoms with Crippen LogP contribution in [0.2, 0.25) is 0 Å². The maximum atomic E-state index is 8.82. The van der Waals surface area contributed by atoms with Crippen molar-refractivity contribution in [3.63, 3.8) is 0 Å². The highest BCUT2D eigenvalue weighted by Crippen LogP contribution is 2.14. The fourth-order valence-corrected chi connectivity index (χ4v) is 1.36. The van der Waals surface area contributed by atoms with Crippen molar-refractivity contribution in [2.24, 2.45) is 5.92 Å². The molecule has 0 amide bonds. The molecule has 1 saturated heterocycles. The van der Waals surface area contributed by atoms with Crippen LogP contribution < -0.4 is 5.32 Å². The van der Waals surface area contributed by atoms with Gasteiger partial charge in [-0.3, -0.25) is 0 Å². The first-order chi connectivity index (χ1) is 4.34. The SMILES string of the molecule is C[C@H]1NCCC[C@H]1CO. The average Bonchev–Trinajstić information content (AvgIpc) is 1.89. The van der Waals surface area contributed by atoms with Crippen LogP contribution in [0.15, 0.2) is 0 Å². The lowest BCUT2D eigenvalue weighted by atomic mass is 9.93. The number of aliphatic hydroxyl groups is 1. The molecule has 0 aromatic heterocycles. The highest BCUT2D eigenvalue weighted by Gasteiger charge is 2.18. The van der Waals surface area contributed by atoms with Crippen molar-refractivity contribution < 1.29 is 5.11 Å². The monoisotopic (exact) mass is 129 g/mol. The van der Waals surface area contributed by atoms with Crippen molar-refractivity contribution in [1.29, 1.82) is 0 Å². The lowest BCUT2D eigenvalue weighted by molar-refractivity contribution is 0.167. The van der Waals surface area contributed by atoms with E-state index in [0.717, 1.165) is 6.54 Å². The number of rotatable bonds is 1. The molecule has 54 valence electrons. The molecule has 9 heavy (non-hydrogen) atoms. The van der Waals surface area contributed by atoms with E-state index in [9.17, 15) is 0 Å². The summed E-state index contributed by atoms with van der Waals surface area (Å²) in [6.45, 7) is 3.60. The summed E-state index contributed by atoms with van der Waals surface area (Å²) in [6, 6.07) is 0.517. The molecule has 0 aliphatic carbocycles. The molecule has 0 radical (unpaired) electrons. The zero-order valence-corrected chi connectivity index (χ0v) is 5.93. The molecule has 1 heterocycles. The summed E-state index contributed by atoms with van der Waals surface area (Å²) >= 11 is 0. The summed E-state index contributed by atoms with van der Waals surface area (Å²) in [5.41, 5.74) is 0. The number of piperidine rings is 1. The quantitative estimate of drug-likeness (QED) is 0.536. The first kappa shape index (κ1) is 7.03. The van der Waals surface area contributed by atoms with Gasteiger partial charge in [-0.1, -0.05) is 0 Å². The maximum Gasteiger partial charge on any atom is 0.0474 e. The summed E-state index contributed by atoms with van der Waals surface area (Å²) in [5, 5.41) is 12.1. The Labute approximate surface area is 56.3 Å². The van der Waals surface area contributed by atoms with Gasteiger partial charge in [0.25, 0.3) is 0 Å². The Morgan fingerprint density at radius 2 is 2.44 bits per heavy atom. The van der Waals surface area contributed by atoms with Crippen LogP contribution in [0.25, 0.3) is 0 Å². The second-order valence-electron chi connectivity index (χ2n) is 2.83. The molecule has 2 N–H and O–H groups in total. The third-order valence-electron chi connectivity index (χ3n) is 2.16. The summed E-state index contributed by atoms with van der Waals surface area (Å²) in [5.74, 6) is 0.499. The van der Waals surface area contributed by atoms with Crippen LogP contribution in [0, 0.1) is 5.92 Å². The Balaban J connectivity index is 2.30. The topological polar surface area (TPSA) is 32.3 Å². The van der Waals surface area contributed by atoms with Gasteiger partial charge in [0, 0.05) is 12.6 Å². The smallest absolute Gasteiger partial charge is 0.0474 e. The lowest BCUT2D eigenvalue weighted by Gasteiger charge is -2.27. The van der Waals surface area contributed by atoms with E-state index in [1.54, 1.807) is 0 Å². The molecule has 2 atom stereocenters. The normalized spacial score (nSPS) is 36.7. The van der Waals surface area contributed by atoms with Crippen molar-refractivity contribution >= 4 is 0 Å². The van der Waals surface area contributed by atoms with Crippen molar-refractivity contribution in [2.45, 2.75) is 25.8 Å². The summed E-state index contributed by atoms with van der Waals surface area (Å²) in [6.07, 6.45) is 2.40. The minimum atomic E-state index is 0.341. The third-order valence-corrected chi connectivity index (χ3v) is 2.16. The van der Waals surface area contributed by atoms with Crippen LogP contribution in [0.1, 0.15) is 19.8 Å². The van der Waals surface area contributed by atoms with Gasteiger partial charge in [0.2, 0.25) is 0 Å². The van der Waals surface area contributed by atoms with Crippen LogP contribution in [0.3, 0.4) is 0 Å². The number of nitrogens with one attached hydrogen (secondary N) is 1. The van der Waals surface area contributed by atoms with Crippen molar-refractivity contribution in [3.05, 3.63) is 0 Å². The van der Waals surface area contributed by atoms with Gasteiger partial charge in [0.15, 0.2) is 0 Å². The van der Waals surface area contributed by atoms with E-state index in [4.69, 9.17) is 5.11 Å². The van der Waals surface area contributed by atoms with E-state index in [-0.39, 0.29) is 0 Å². The second-order valence-corrected chi connectivity index (χ2v) is 2.83. The summed E-state index contributed by atoms with van der Waals surface area (Å²) in [7, 11) is 0. The van der Waals surface area contributed by atoms with Crippen LogP contribution >= 0.6 is 0 Å². The maximum absolute atomic E-state index is 8.82. The van der Waals surface area contributed by atoms with E-state index in [2.05, 4.69) is 12.2 Å². The van der Waals surface area contributed by atoms with Crippen LogP contribution in [-0.4, -0.2) is 24.3 Å². The molecule has 0 aromatic carbocycles. The van der Waals surface area contributed by atoms with Gasteiger partial charge in [-0.15, -0.1) is 0 Å². The molecule has 1 aliphatic heterocycles. The summed E-state index contributed by atoms with van der Waals surface area (Å²) < 4.78 is 0. The summed E-state index contributed by atoms with van der Waals surface area (Å²) in [4.78, 5) is 0. The Bertz CT molecular complexity index is 85.0. The number of aliphatic hydroxyl groups excluding tert-OH is 1. The zero-order chi connectivity index (χ0) is 6.69. The van der Waals surface area contributed by atoms with E-state index in [1.807, 2.05) is 0 Å². The molecule has 0 bridgehead atoms. The lowest BCUT2D eigenvalue weighted by Crippen LogP contribution is -2.40. The molecule has 1 rings (SSSR count). The first-order valence-electron chi connectivity index (χ1n) is 3.69. The van der Waals surface area contributed by atoms with E-state index >= 15 is 0 Å². The highest BCUT2D eigenvalue weighted by atomic mass is 16.3. The Morgan fingerprint density at radius 3 is 2.89 bits per heavy atom. The Morgan fingerprint density at radius 1 is 1.67 bits per heavy atom. The van der Waals surface area contributed by atoms with Crippen LogP contribution in [0.5, 0.6) is 0 Å². The number of hydrogen-bond acceptors (Lipinski definition) is 2. The number of hydrogen-bond donors (Lipinski definition) is 2. The standard InChI is InChI=1S/C7H15NO/c1-6-7(5-9)3-2-4-8-6/h6-9H,2-5H2,1H3/t6-,7+/m1/s1.